The van der Waals surface area contributed by atoms with Crippen molar-refractivity contribution in [3.8, 4) is 0 Å². The topological polar surface area (TPSA) is 24.5 Å². The van der Waals surface area contributed by atoms with Gasteiger partial charge in [0.15, 0.2) is 0 Å². The van der Waals surface area contributed by atoms with Gasteiger partial charge in [-0.2, -0.15) is 0 Å². The fourth-order valence-corrected chi connectivity index (χ4v) is 2.14. The first kappa shape index (κ1) is 10.6. The van der Waals surface area contributed by atoms with E-state index in [1.807, 2.05) is 12.1 Å². The molecule has 15 heavy (non-hydrogen) atoms. The lowest BCUT2D eigenvalue weighted by Gasteiger charge is -2.32. The fourth-order valence-electron chi connectivity index (χ4n) is 1.84. The van der Waals surface area contributed by atoms with Crippen LogP contribution in [0.4, 0.5) is 11.4 Å². The zero-order chi connectivity index (χ0) is 10.7. The first-order chi connectivity index (χ1) is 7.33. The van der Waals surface area contributed by atoms with Crippen LogP contribution in [-0.4, -0.2) is 33.4 Å². The molecule has 0 radical (unpaired) electrons. The maximum atomic E-state index is 6.19. The van der Waals surface area contributed by atoms with E-state index in [1.165, 1.54) is 0 Å². The van der Waals surface area contributed by atoms with E-state index in [4.69, 9.17) is 16.3 Å². The summed E-state index contributed by atoms with van der Waals surface area (Å²) in [5.74, 6) is 0. The average Bonchev–Trinajstić information content (AvgIpc) is 2.26. The van der Waals surface area contributed by atoms with Gasteiger partial charge in [0.05, 0.1) is 23.0 Å². The Kier molecular flexibility index (Phi) is 3.34. The SMILES string of the molecule is COCCN1CCNc2cccc(Cl)c21. The maximum Gasteiger partial charge on any atom is 0.0792 e. The van der Waals surface area contributed by atoms with Gasteiger partial charge in [-0.15, -0.1) is 0 Å². The molecule has 2 rings (SSSR count). The van der Waals surface area contributed by atoms with Gasteiger partial charge >= 0.3 is 0 Å². The second-order valence-electron chi connectivity index (χ2n) is 3.54. The molecule has 82 valence electrons. The molecule has 0 atom stereocenters. The van der Waals surface area contributed by atoms with Crippen molar-refractivity contribution in [1.29, 1.82) is 0 Å². The molecule has 1 N–H and O–H groups in total. The van der Waals surface area contributed by atoms with Gasteiger partial charge < -0.3 is 15.0 Å². The fraction of sp³-hybridized carbons (Fsp3) is 0.455. The number of benzene rings is 1. The zero-order valence-corrected chi connectivity index (χ0v) is 9.55. The number of hydrogen-bond acceptors (Lipinski definition) is 3. The smallest absolute Gasteiger partial charge is 0.0792 e. The molecular formula is C11H15ClN2O. The van der Waals surface area contributed by atoms with Gasteiger partial charge in [-0.1, -0.05) is 17.7 Å². The Morgan fingerprint density at radius 3 is 3.20 bits per heavy atom. The molecule has 0 bridgehead atoms. The number of methoxy groups -OCH3 is 1. The van der Waals surface area contributed by atoms with Crippen molar-refractivity contribution in [1.82, 2.24) is 0 Å². The third kappa shape index (κ3) is 2.19. The summed E-state index contributed by atoms with van der Waals surface area (Å²) in [5, 5.41) is 4.14. The summed E-state index contributed by atoms with van der Waals surface area (Å²) in [4.78, 5) is 2.26. The minimum Gasteiger partial charge on any atom is -0.383 e. The number of anilines is 2. The Labute approximate surface area is 95.0 Å². The monoisotopic (exact) mass is 226 g/mol. The number of fused-ring (bicyclic) bond motifs is 1. The van der Waals surface area contributed by atoms with E-state index in [9.17, 15) is 0 Å². The molecule has 0 unspecified atom stereocenters. The first-order valence-electron chi connectivity index (χ1n) is 5.09. The predicted octanol–water partition coefficient (Wildman–Crippen LogP) is 2.22. The third-order valence-corrected chi connectivity index (χ3v) is 2.87. The van der Waals surface area contributed by atoms with Gasteiger partial charge in [0.25, 0.3) is 0 Å². The molecule has 3 nitrogen and oxygen atoms in total. The largest absolute Gasteiger partial charge is 0.383 e. The Balaban J connectivity index is 2.24. The van der Waals surface area contributed by atoms with Crippen molar-refractivity contribution in [2.24, 2.45) is 0 Å². The lowest BCUT2D eigenvalue weighted by molar-refractivity contribution is 0.205. The van der Waals surface area contributed by atoms with Crippen LogP contribution in [0.15, 0.2) is 18.2 Å². The van der Waals surface area contributed by atoms with Crippen LogP contribution in [0.5, 0.6) is 0 Å². The number of rotatable bonds is 3. The van der Waals surface area contributed by atoms with Gasteiger partial charge in [-0.25, -0.2) is 0 Å². The van der Waals surface area contributed by atoms with Crippen LogP contribution in [0.25, 0.3) is 0 Å². The molecule has 0 amide bonds. The highest BCUT2D eigenvalue weighted by Crippen LogP contribution is 2.35. The van der Waals surface area contributed by atoms with E-state index >= 15 is 0 Å². The summed E-state index contributed by atoms with van der Waals surface area (Å²) >= 11 is 6.19. The average molecular weight is 227 g/mol. The van der Waals surface area contributed by atoms with E-state index in [2.05, 4.69) is 16.3 Å². The third-order valence-electron chi connectivity index (χ3n) is 2.57. The first-order valence-corrected chi connectivity index (χ1v) is 5.47. The van der Waals surface area contributed by atoms with E-state index in [0.717, 1.165) is 42.6 Å². The number of hydrogen-bond donors (Lipinski definition) is 1. The van der Waals surface area contributed by atoms with Crippen molar-refractivity contribution in [3.05, 3.63) is 23.2 Å². The lowest BCUT2D eigenvalue weighted by Crippen LogP contribution is -2.36. The summed E-state index contributed by atoms with van der Waals surface area (Å²) < 4.78 is 5.09. The molecule has 1 aromatic rings. The van der Waals surface area contributed by atoms with Crippen molar-refractivity contribution in [2.75, 3.05) is 43.6 Å². The summed E-state index contributed by atoms with van der Waals surface area (Å²) in [6.07, 6.45) is 0. The van der Waals surface area contributed by atoms with Crippen LogP contribution < -0.4 is 10.2 Å². The highest BCUT2D eigenvalue weighted by Gasteiger charge is 2.18. The molecule has 1 heterocycles. The quantitative estimate of drug-likeness (QED) is 0.856. The molecule has 4 heteroatoms. The molecule has 1 aliphatic rings. The molecule has 0 aromatic heterocycles. The summed E-state index contributed by atoms with van der Waals surface area (Å²) in [6.45, 7) is 3.54. The van der Waals surface area contributed by atoms with E-state index < -0.39 is 0 Å². The van der Waals surface area contributed by atoms with Gasteiger partial charge in [-0.05, 0) is 12.1 Å². The summed E-state index contributed by atoms with van der Waals surface area (Å²) in [5.41, 5.74) is 2.22. The minimum absolute atomic E-state index is 0.727. The summed E-state index contributed by atoms with van der Waals surface area (Å²) in [7, 11) is 1.72. The van der Waals surface area contributed by atoms with Crippen molar-refractivity contribution < 1.29 is 4.74 Å². The Morgan fingerprint density at radius 2 is 2.40 bits per heavy atom. The van der Waals surface area contributed by atoms with Crippen LogP contribution in [0.3, 0.4) is 0 Å². The van der Waals surface area contributed by atoms with Crippen molar-refractivity contribution in [2.45, 2.75) is 0 Å². The highest BCUT2D eigenvalue weighted by atomic mass is 35.5. The number of halogens is 1. The molecule has 1 aliphatic heterocycles. The Morgan fingerprint density at radius 1 is 1.53 bits per heavy atom. The minimum atomic E-state index is 0.727. The highest BCUT2D eigenvalue weighted by molar-refractivity contribution is 6.34. The Bertz CT molecular complexity index is 343. The lowest BCUT2D eigenvalue weighted by atomic mass is 10.2. The molecule has 0 saturated heterocycles. The standard InChI is InChI=1S/C11H15ClN2O/c1-15-8-7-14-6-5-13-10-4-2-3-9(12)11(10)14/h2-4,13H,5-8H2,1H3. The van der Waals surface area contributed by atoms with E-state index in [1.54, 1.807) is 7.11 Å². The molecule has 1 aromatic carbocycles. The predicted molar refractivity (Wildman–Crippen MR) is 64.0 cm³/mol. The van der Waals surface area contributed by atoms with Crippen LogP contribution in [0, 0.1) is 0 Å². The number of para-hydroxylation sites is 1. The molecule has 0 fully saturated rings. The van der Waals surface area contributed by atoms with Gasteiger partial charge in [0, 0.05) is 26.7 Å². The van der Waals surface area contributed by atoms with Crippen LogP contribution in [-0.2, 0) is 4.74 Å². The van der Waals surface area contributed by atoms with Gasteiger partial charge in [0.2, 0.25) is 0 Å². The van der Waals surface area contributed by atoms with Gasteiger partial charge in [0.1, 0.15) is 0 Å². The van der Waals surface area contributed by atoms with E-state index in [-0.39, 0.29) is 0 Å². The molecular weight excluding hydrogens is 212 g/mol. The Hall–Kier alpha value is -0.930. The zero-order valence-electron chi connectivity index (χ0n) is 8.79. The number of ether oxygens (including phenoxy) is 1. The molecule has 0 aliphatic carbocycles. The van der Waals surface area contributed by atoms with Gasteiger partial charge in [-0.3, -0.25) is 0 Å². The van der Waals surface area contributed by atoms with Crippen molar-refractivity contribution >= 4 is 23.0 Å². The van der Waals surface area contributed by atoms with Crippen LogP contribution in [0.2, 0.25) is 5.02 Å². The molecule has 0 spiro atoms. The van der Waals surface area contributed by atoms with Crippen LogP contribution in [0.1, 0.15) is 0 Å². The second-order valence-corrected chi connectivity index (χ2v) is 3.95. The molecule has 0 saturated carbocycles. The number of nitrogens with zero attached hydrogens (tertiary/aromatic N) is 1. The van der Waals surface area contributed by atoms with E-state index in [0.29, 0.717) is 0 Å². The number of nitrogens with one attached hydrogen (secondary N) is 1. The normalized spacial score (nSPS) is 14.7. The second kappa shape index (κ2) is 4.73. The van der Waals surface area contributed by atoms with Crippen molar-refractivity contribution in [3.63, 3.8) is 0 Å². The van der Waals surface area contributed by atoms with Crippen LogP contribution >= 0.6 is 11.6 Å². The maximum absolute atomic E-state index is 6.19. The summed E-state index contributed by atoms with van der Waals surface area (Å²) in [6, 6.07) is 5.95.